The van der Waals surface area contributed by atoms with Crippen LogP contribution in [0.25, 0.3) is 11.1 Å². The van der Waals surface area contributed by atoms with Crippen LogP contribution >= 0.6 is 0 Å². The first-order valence-electron chi connectivity index (χ1n) is 11.3. The van der Waals surface area contributed by atoms with Crippen molar-refractivity contribution >= 4 is 22.9 Å². The summed E-state index contributed by atoms with van der Waals surface area (Å²) in [6.45, 7) is 4.54. The molecule has 168 valence electrons. The van der Waals surface area contributed by atoms with E-state index in [-0.39, 0.29) is 30.2 Å². The van der Waals surface area contributed by atoms with Crippen molar-refractivity contribution in [3.8, 4) is 0 Å². The molecule has 0 bridgehead atoms. The van der Waals surface area contributed by atoms with Crippen LogP contribution < -0.4 is 5.32 Å². The molecule has 1 aromatic carbocycles. The van der Waals surface area contributed by atoms with E-state index in [1.165, 1.54) is 18.6 Å². The van der Waals surface area contributed by atoms with Crippen molar-refractivity contribution in [2.75, 3.05) is 0 Å². The van der Waals surface area contributed by atoms with Crippen LogP contribution in [-0.4, -0.2) is 32.9 Å². The van der Waals surface area contributed by atoms with E-state index in [1.54, 1.807) is 29.4 Å². The zero-order valence-electron chi connectivity index (χ0n) is 18.4. The Kier molecular flexibility index (Phi) is 5.07. The van der Waals surface area contributed by atoms with Gasteiger partial charge in [-0.05, 0) is 43.4 Å². The molecule has 0 spiro atoms. The molecule has 1 fully saturated rings. The number of hydrogen-bond acceptors (Lipinski definition) is 3. The van der Waals surface area contributed by atoms with Gasteiger partial charge in [0.25, 0.3) is 5.91 Å². The molecule has 0 radical (unpaired) electrons. The molecule has 3 heterocycles. The Balaban J connectivity index is 1.52. The largest absolute Gasteiger partial charge is 0.463 e. The third kappa shape index (κ3) is 3.40. The van der Waals surface area contributed by atoms with Crippen LogP contribution in [0.1, 0.15) is 55.6 Å². The average Bonchev–Trinajstić information content (AvgIpc) is 3.36. The summed E-state index contributed by atoms with van der Waals surface area (Å²) in [7, 11) is 0. The third-order valence-corrected chi connectivity index (χ3v) is 7.22. The highest BCUT2D eigenvalue weighted by molar-refractivity contribution is 6.02. The molecule has 1 saturated carbocycles. The van der Waals surface area contributed by atoms with Crippen LogP contribution in [0.3, 0.4) is 0 Å². The van der Waals surface area contributed by atoms with Crippen molar-refractivity contribution < 1.29 is 18.4 Å². The smallest absolute Gasteiger partial charge is 0.271 e. The van der Waals surface area contributed by atoms with E-state index in [2.05, 4.69) is 12.2 Å². The second-order valence-corrected chi connectivity index (χ2v) is 9.42. The maximum atomic E-state index is 13.7. The maximum Gasteiger partial charge on any atom is 0.271 e. The zero-order valence-corrected chi connectivity index (χ0v) is 18.4. The molecule has 0 saturated heterocycles. The van der Waals surface area contributed by atoms with Crippen molar-refractivity contribution in [1.29, 1.82) is 0 Å². The molecule has 3 atom stereocenters. The van der Waals surface area contributed by atoms with Gasteiger partial charge in [0.05, 0.1) is 18.3 Å². The van der Waals surface area contributed by atoms with Crippen molar-refractivity contribution in [3.05, 3.63) is 59.7 Å². The monoisotopic (exact) mass is 437 g/mol. The number of nitrogens with zero attached hydrogens (tertiary/aromatic N) is 2. The summed E-state index contributed by atoms with van der Waals surface area (Å²) in [4.78, 5) is 29.0. The fraction of sp³-hybridized carbons (Fsp3) is 0.440. The van der Waals surface area contributed by atoms with Crippen LogP contribution in [0.4, 0.5) is 4.39 Å². The molecular weight excluding hydrogens is 409 g/mol. The number of nitrogens with one attached hydrogen (secondary N) is 1. The number of halogens is 1. The Morgan fingerprint density at radius 3 is 2.72 bits per heavy atom. The summed E-state index contributed by atoms with van der Waals surface area (Å²) in [6, 6.07) is 9.73. The topological polar surface area (TPSA) is 67.5 Å². The van der Waals surface area contributed by atoms with E-state index >= 15 is 0 Å². The Morgan fingerprint density at radius 1 is 1.22 bits per heavy atom. The zero-order chi connectivity index (χ0) is 22.5. The lowest BCUT2D eigenvalue weighted by Gasteiger charge is -2.45. The van der Waals surface area contributed by atoms with Gasteiger partial charge in [0, 0.05) is 24.7 Å². The third-order valence-electron chi connectivity index (χ3n) is 7.22. The van der Waals surface area contributed by atoms with E-state index < -0.39 is 5.54 Å². The molecule has 1 aliphatic heterocycles. The van der Waals surface area contributed by atoms with E-state index in [1.807, 2.05) is 17.6 Å². The van der Waals surface area contributed by atoms with Crippen molar-refractivity contribution in [2.45, 2.75) is 64.2 Å². The van der Waals surface area contributed by atoms with Crippen LogP contribution in [0.2, 0.25) is 0 Å². The van der Waals surface area contributed by atoms with Gasteiger partial charge in [-0.2, -0.15) is 0 Å². The summed E-state index contributed by atoms with van der Waals surface area (Å²) in [5, 5.41) is 3.26. The number of furan rings is 1. The lowest BCUT2D eigenvalue weighted by Crippen LogP contribution is -2.65. The summed E-state index contributed by atoms with van der Waals surface area (Å²) >= 11 is 0. The van der Waals surface area contributed by atoms with Gasteiger partial charge < -0.3 is 19.2 Å². The predicted molar refractivity (Wildman–Crippen MR) is 118 cm³/mol. The molecule has 2 aromatic heterocycles. The van der Waals surface area contributed by atoms with Gasteiger partial charge >= 0.3 is 0 Å². The molecule has 1 N–H and O–H groups in total. The van der Waals surface area contributed by atoms with E-state index in [9.17, 15) is 14.0 Å². The molecule has 5 rings (SSSR count). The Morgan fingerprint density at radius 2 is 1.97 bits per heavy atom. The molecule has 6 nitrogen and oxygen atoms in total. The Hall–Kier alpha value is -3.09. The molecule has 2 aliphatic rings. The lowest BCUT2D eigenvalue weighted by molar-refractivity contribution is -0.134. The normalized spacial score (nSPS) is 25.7. The van der Waals surface area contributed by atoms with Crippen LogP contribution in [0.5, 0.6) is 0 Å². The number of amides is 2. The van der Waals surface area contributed by atoms with Crippen LogP contribution in [0.15, 0.2) is 47.1 Å². The summed E-state index contributed by atoms with van der Waals surface area (Å²) in [6.07, 6.45) is 5.92. The predicted octanol–water partition coefficient (Wildman–Crippen LogP) is 4.48. The van der Waals surface area contributed by atoms with Crippen LogP contribution in [-0.2, 0) is 17.9 Å². The minimum atomic E-state index is -1.10. The van der Waals surface area contributed by atoms with Gasteiger partial charge in [0.1, 0.15) is 17.1 Å². The van der Waals surface area contributed by atoms with Crippen molar-refractivity contribution in [2.24, 2.45) is 5.92 Å². The number of hydrogen-bond donors (Lipinski definition) is 1. The van der Waals surface area contributed by atoms with Gasteiger partial charge in [0.2, 0.25) is 5.91 Å². The number of fused-ring (bicyclic) bond motifs is 3. The number of rotatable bonds is 4. The number of aromatic nitrogens is 1. The van der Waals surface area contributed by atoms with Gasteiger partial charge in [-0.15, -0.1) is 0 Å². The molecule has 0 unspecified atom stereocenters. The van der Waals surface area contributed by atoms with Gasteiger partial charge in [-0.3, -0.25) is 9.59 Å². The molecule has 1 aliphatic carbocycles. The molecule has 3 aromatic rings. The molecule has 32 heavy (non-hydrogen) atoms. The summed E-state index contributed by atoms with van der Waals surface area (Å²) in [5.41, 5.74) is 1.60. The first-order chi connectivity index (χ1) is 15.4. The number of carbonyl (C=O) groups excluding carboxylic acids is 2. The maximum absolute atomic E-state index is 13.7. The minimum absolute atomic E-state index is 0.107. The fourth-order valence-electron chi connectivity index (χ4n) is 5.15. The van der Waals surface area contributed by atoms with Gasteiger partial charge in [-0.1, -0.05) is 31.9 Å². The average molecular weight is 438 g/mol. The Bertz CT molecular complexity index is 1170. The first kappa shape index (κ1) is 20.8. The number of benzene rings is 1. The highest BCUT2D eigenvalue weighted by Crippen LogP contribution is 2.34. The van der Waals surface area contributed by atoms with Gasteiger partial charge in [-0.25, -0.2) is 4.39 Å². The Labute approximate surface area is 186 Å². The quantitative estimate of drug-likeness (QED) is 0.654. The molecular formula is C25H28FN3O3. The SMILES string of the molecule is C[C@@H]1CCCC[C@H]1NC(=O)[C@@]1(C)Cn2c(cc3occc32)C(=O)N1Cc1ccc(F)cc1. The van der Waals surface area contributed by atoms with E-state index in [4.69, 9.17) is 4.42 Å². The standard InChI is InChI=1S/C25H28FN3O3/c1-16-5-3-4-6-19(16)27-24(31)25(2)15-28-20-11-12-32-22(20)13-21(28)23(30)29(25)14-17-7-9-18(26)10-8-17/h7-13,16,19H,3-6,14-15H2,1-2H3,(H,27,31)/t16-,19-,25-/m1/s1. The molecule has 2 amide bonds. The lowest BCUT2D eigenvalue weighted by atomic mass is 9.85. The first-order valence-corrected chi connectivity index (χ1v) is 11.3. The fourth-order valence-corrected chi connectivity index (χ4v) is 5.15. The highest BCUT2D eigenvalue weighted by atomic mass is 19.1. The van der Waals surface area contributed by atoms with E-state index in [0.29, 0.717) is 23.7 Å². The second-order valence-electron chi connectivity index (χ2n) is 9.42. The van der Waals surface area contributed by atoms with Crippen molar-refractivity contribution in [1.82, 2.24) is 14.8 Å². The van der Waals surface area contributed by atoms with Crippen LogP contribution in [0, 0.1) is 11.7 Å². The second kappa shape index (κ2) is 7.80. The highest BCUT2D eigenvalue weighted by Gasteiger charge is 2.48. The summed E-state index contributed by atoms with van der Waals surface area (Å²) < 4.78 is 20.8. The minimum Gasteiger partial charge on any atom is -0.463 e. The van der Waals surface area contributed by atoms with Crippen molar-refractivity contribution in [3.63, 3.8) is 0 Å². The molecule has 7 heteroatoms. The summed E-state index contributed by atoms with van der Waals surface area (Å²) in [5.74, 6) is -0.312. The van der Waals surface area contributed by atoms with E-state index in [0.717, 1.165) is 30.3 Å². The van der Waals surface area contributed by atoms with Gasteiger partial charge in [0.15, 0.2) is 5.58 Å². The number of carbonyl (C=O) groups is 2.